The maximum absolute atomic E-state index is 12.4. The van der Waals surface area contributed by atoms with Crippen molar-refractivity contribution in [1.29, 1.82) is 0 Å². The molecule has 2 atom stereocenters. The summed E-state index contributed by atoms with van der Waals surface area (Å²) < 4.78 is 10.6. The summed E-state index contributed by atoms with van der Waals surface area (Å²) in [6.45, 7) is 2.51. The van der Waals surface area contributed by atoms with Gasteiger partial charge < -0.3 is 20.1 Å². The Morgan fingerprint density at radius 3 is 2.31 bits per heavy atom. The Morgan fingerprint density at radius 2 is 1.65 bits per heavy atom. The van der Waals surface area contributed by atoms with Gasteiger partial charge in [-0.1, -0.05) is 12.1 Å². The number of ether oxygens (including phenoxy) is 2. The van der Waals surface area contributed by atoms with E-state index in [1.54, 1.807) is 43.5 Å². The van der Waals surface area contributed by atoms with Gasteiger partial charge in [0.1, 0.15) is 11.5 Å². The normalized spacial score (nSPS) is 17.9. The summed E-state index contributed by atoms with van der Waals surface area (Å²) in [5, 5.41) is 5.68. The fourth-order valence-electron chi connectivity index (χ4n) is 2.78. The number of para-hydroxylation sites is 2. The van der Waals surface area contributed by atoms with Crippen molar-refractivity contribution in [2.24, 2.45) is 11.8 Å². The Morgan fingerprint density at radius 1 is 1.00 bits per heavy atom. The molecule has 6 nitrogen and oxygen atoms in total. The SMILES string of the molecule is CCOc1ccc(NC(=O)C2CC2C(=O)Nc2ccccc2OC)cc1. The number of carbonyl (C=O) groups excluding carboxylic acids is 2. The molecule has 26 heavy (non-hydrogen) atoms. The second-order valence-electron chi connectivity index (χ2n) is 6.08. The van der Waals surface area contributed by atoms with Crippen LogP contribution in [0.2, 0.25) is 0 Å². The quantitative estimate of drug-likeness (QED) is 0.800. The molecule has 0 heterocycles. The maximum Gasteiger partial charge on any atom is 0.228 e. The van der Waals surface area contributed by atoms with Crippen molar-refractivity contribution < 1.29 is 19.1 Å². The smallest absolute Gasteiger partial charge is 0.228 e. The molecule has 2 amide bonds. The Labute approximate surface area is 152 Å². The molecule has 0 saturated heterocycles. The van der Waals surface area contributed by atoms with Crippen LogP contribution in [0.25, 0.3) is 0 Å². The lowest BCUT2D eigenvalue weighted by Gasteiger charge is -2.10. The average Bonchev–Trinajstić information content (AvgIpc) is 3.45. The molecule has 1 saturated carbocycles. The van der Waals surface area contributed by atoms with Gasteiger partial charge in [-0.25, -0.2) is 0 Å². The lowest BCUT2D eigenvalue weighted by atomic mass is 10.2. The van der Waals surface area contributed by atoms with Crippen LogP contribution in [-0.4, -0.2) is 25.5 Å². The average molecular weight is 354 g/mol. The van der Waals surface area contributed by atoms with Gasteiger partial charge in [0.15, 0.2) is 0 Å². The molecule has 2 aromatic rings. The molecule has 6 heteroatoms. The monoisotopic (exact) mass is 354 g/mol. The minimum Gasteiger partial charge on any atom is -0.495 e. The summed E-state index contributed by atoms with van der Waals surface area (Å²) in [6.07, 6.45) is 0.545. The topological polar surface area (TPSA) is 76.7 Å². The van der Waals surface area contributed by atoms with Crippen LogP contribution in [-0.2, 0) is 9.59 Å². The Hall–Kier alpha value is -3.02. The number of benzene rings is 2. The summed E-state index contributed by atoms with van der Waals surface area (Å²) >= 11 is 0. The van der Waals surface area contributed by atoms with Gasteiger partial charge in [0, 0.05) is 5.69 Å². The summed E-state index contributed by atoms with van der Waals surface area (Å²) in [5.74, 6) is 0.414. The third kappa shape index (κ3) is 4.14. The van der Waals surface area contributed by atoms with Crippen LogP contribution in [0.4, 0.5) is 11.4 Å². The first-order valence-electron chi connectivity index (χ1n) is 8.60. The minimum absolute atomic E-state index is 0.144. The lowest BCUT2D eigenvalue weighted by molar-refractivity contribution is -0.122. The minimum atomic E-state index is -0.317. The molecule has 1 aliphatic carbocycles. The van der Waals surface area contributed by atoms with E-state index in [9.17, 15) is 9.59 Å². The van der Waals surface area contributed by atoms with E-state index < -0.39 is 0 Å². The fraction of sp³-hybridized carbons (Fsp3) is 0.300. The molecule has 0 spiro atoms. The van der Waals surface area contributed by atoms with Crippen LogP contribution in [0, 0.1) is 11.8 Å². The number of hydrogen-bond acceptors (Lipinski definition) is 4. The molecule has 3 rings (SSSR count). The van der Waals surface area contributed by atoms with E-state index in [0.717, 1.165) is 5.75 Å². The summed E-state index contributed by atoms with van der Waals surface area (Å²) in [4.78, 5) is 24.7. The second kappa shape index (κ2) is 7.91. The van der Waals surface area contributed by atoms with Gasteiger partial charge in [0.05, 0.1) is 31.2 Å². The number of rotatable bonds is 7. The van der Waals surface area contributed by atoms with Gasteiger partial charge in [-0.2, -0.15) is 0 Å². The van der Waals surface area contributed by atoms with Crippen molar-refractivity contribution in [2.45, 2.75) is 13.3 Å². The van der Waals surface area contributed by atoms with Gasteiger partial charge in [0.25, 0.3) is 0 Å². The molecule has 1 aliphatic rings. The van der Waals surface area contributed by atoms with E-state index in [-0.39, 0.29) is 23.7 Å². The molecule has 2 unspecified atom stereocenters. The van der Waals surface area contributed by atoms with Crippen molar-refractivity contribution in [3.05, 3.63) is 48.5 Å². The van der Waals surface area contributed by atoms with Crippen molar-refractivity contribution in [3.8, 4) is 11.5 Å². The number of anilines is 2. The van der Waals surface area contributed by atoms with Crippen LogP contribution in [0.15, 0.2) is 48.5 Å². The highest BCUT2D eigenvalue weighted by Crippen LogP contribution is 2.40. The highest BCUT2D eigenvalue weighted by Gasteiger charge is 2.48. The largest absolute Gasteiger partial charge is 0.495 e. The first-order valence-corrected chi connectivity index (χ1v) is 8.60. The molecule has 0 bridgehead atoms. The van der Waals surface area contributed by atoms with Gasteiger partial charge in [-0.15, -0.1) is 0 Å². The van der Waals surface area contributed by atoms with E-state index >= 15 is 0 Å². The summed E-state index contributed by atoms with van der Waals surface area (Å²) in [5.41, 5.74) is 1.30. The standard InChI is InChI=1S/C20H22N2O4/c1-3-26-14-10-8-13(9-11-14)21-19(23)15-12-16(15)20(24)22-17-6-4-5-7-18(17)25-2/h4-11,15-16H,3,12H2,1-2H3,(H,21,23)(H,22,24). The van der Waals surface area contributed by atoms with Gasteiger partial charge >= 0.3 is 0 Å². The molecule has 0 radical (unpaired) electrons. The van der Waals surface area contributed by atoms with Gasteiger partial charge in [-0.3, -0.25) is 9.59 Å². The Bertz CT molecular complexity index is 789. The molecule has 0 aromatic heterocycles. The van der Waals surface area contributed by atoms with Crippen molar-refractivity contribution in [3.63, 3.8) is 0 Å². The lowest BCUT2D eigenvalue weighted by Crippen LogP contribution is -2.20. The van der Waals surface area contributed by atoms with Crippen LogP contribution in [0.3, 0.4) is 0 Å². The maximum atomic E-state index is 12.4. The Kier molecular flexibility index (Phi) is 5.41. The van der Waals surface area contributed by atoms with E-state index in [1.165, 1.54) is 0 Å². The Balaban J connectivity index is 1.54. The first-order chi connectivity index (χ1) is 12.6. The predicted octanol–water partition coefficient (Wildman–Crippen LogP) is 3.31. The zero-order chi connectivity index (χ0) is 18.5. The van der Waals surface area contributed by atoms with Crippen LogP contribution >= 0.6 is 0 Å². The number of hydrogen-bond donors (Lipinski definition) is 2. The molecular formula is C20H22N2O4. The molecule has 1 fully saturated rings. The van der Waals surface area contributed by atoms with Crippen LogP contribution in [0.1, 0.15) is 13.3 Å². The van der Waals surface area contributed by atoms with Crippen molar-refractivity contribution in [2.75, 3.05) is 24.4 Å². The van der Waals surface area contributed by atoms with E-state index in [4.69, 9.17) is 9.47 Å². The zero-order valence-corrected chi connectivity index (χ0v) is 14.8. The third-order valence-electron chi connectivity index (χ3n) is 4.26. The molecule has 136 valence electrons. The zero-order valence-electron chi connectivity index (χ0n) is 14.8. The number of carbonyl (C=O) groups is 2. The number of amides is 2. The molecular weight excluding hydrogens is 332 g/mol. The fourth-order valence-corrected chi connectivity index (χ4v) is 2.78. The number of methoxy groups -OCH3 is 1. The molecule has 0 aliphatic heterocycles. The van der Waals surface area contributed by atoms with Crippen LogP contribution in [0.5, 0.6) is 11.5 Å². The summed E-state index contributed by atoms with van der Waals surface area (Å²) in [7, 11) is 1.55. The van der Waals surface area contributed by atoms with E-state index in [2.05, 4.69) is 10.6 Å². The molecule has 2 aromatic carbocycles. The second-order valence-corrected chi connectivity index (χ2v) is 6.08. The molecule has 2 N–H and O–H groups in total. The number of nitrogens with one attached hydrogen (secondary N) is 2. The highest BCUT2D eigenvalue weighted by molar-refractivity contribution is 6.03. The predicted molar refractivity (Wildman–Crippen MR) is 99.5 cm³/mol. The van der Waals surface area contributed by atoms with Crippen molar-refractivity contribution in [1.82, 2.24) is 0 Å². The van der Waals surface area contributed by atoms with Gasteiger partial charge in [0.2, 0.25) is 11.8 Å². The van der Waals surface area contributed by atoms with Gasteiger partial charge in [-0.05, 0) is 49.7 Å². The van der Waals surface area contributed by atoms with E-state index in [1.807, 2.05) is 19.1 Å². The highest BCUT2D eigenvalue weighted by atomic mass is 16.5. The third-order valence-corrected chi connectivity index (χ3v) is 4.26. The van der Waals surface area contributed by atoms with Crippen molar-refractivity contribution >= 4 is 23.2 Å². The summed E-state index contributed by atoms with van der Waals surface area (Å²) in [6, 6.07) is 14.4. The van der Waals surface area contributed by atoms with Crippen LogP contribution < -0.4 is 20.1 Å². The van der Waals surface area contributed by atoms with E-state index in [0.29, 0.717) is 30.2 Å². The first kappa shape index (κ1) is 17.8.